The molecule has 2 aliphatic rings. The number of benzene rings is 2. The first-order valence-corrected chi connectivity index (χ1v) is 10.9. The van der Waals surface area contributed by atoms with Crippen molar-refractivity contribution in [3.05, 3.63) is 63.8 Å². The lowest BCUT2D eigenvalue weighted by atomic mass is 10.1. The Hall–Kier alpha value is -2.80. The van der Waals surface area contributed by atoms with Crippen LogP contribution < -0.4 is 14.8 Å². The number of ether oxygens (including phenoxy) is 2. The quantitative estimate of drug-likeness (QED) is 0.674. The summed E-state index contributed by atoms with van der Waals surface area (Å²) in [6, 6.07) is 12.5. The Labute approximate surface area is 184 Å². The van der Waals surface area contributed by atoms with E-state index in [1.54, 1.807) is 36.4 Å². The Kier molecular flexibility index (Phi) is 6.38. The van der Waals surface area contributed by atoms with E-state index in [9.17, 15) is 9.59 Å². The topological polar surface area (TPSA) is 67.9 Å². The third-order valence-electron chi connectivity index (χ3n) is 5.19. The van der Waals surface area contributed by atoms with E-state index in [0.717, 1.165) is 35.7 Å². The van der Waals surface area contributed by atoms with E-state index < -0.39 is 0 Å². The van der Waals surface area contributed by atoms with Gasteiger partial charge in [0.05, 0.1) is 0 Å². The van der Waals surface area contributed by atoms with Gasteiger partial charge < -0.3 is 19.7 Å². The molecular formula is C23H23BrN2O4. The van der Waals surface area contributed by atoms with Crippen LogP contribution in [0.1, 0.15) is 41.6 Å². The molecule has 6 nitrogen and oxygen atoms in total. The fraction of sp³-hybridized carbons (Fsp3) is 0.304. The second kappa shape index (κ2) is 9.34. The standard InChI is InChI=1S/C23H23BrN2O4/c24-18-8-6-17(7-9-18)22(27)25-19(23(28)26-11-3-1-2-4-12-26)13-16-5-10-20-21(14-16)30-15-29-20/h5-10,13-14H,1-4,11-12,15H2,(H,25,27)/b19-13-. The number of amides is 2. The van der Waals surface area contributed by atoms with E-state index in [1.165, 1.54) is 0 Å². The number of nitrogens with one attached hydrogen (secondary N) is 1. The summed E-state index contributed by atoms with van der Waals surface area (Å²) in [5.74, 6) is 0.814. The van der Waals surface area contributed by atoms with E-state index in [2.05, 4.69) is 21.2 Å². The molecule has 0 aliphatic carbocycles. The molecule has 1 saturated heterocycles. The lowest BCUT2D eigenvalue weighted by molar-refractivity contribution is -0.127. The molecule has 2 aliphatic heterocycles. The number of hydrogen-bond donors (Lipinski definition) is 1. The van der Waals surface area contributed by atoms with Crippen LogP contribution in [0.3, 0.4) is 0 Å². The van der Waals surface area contributed by atoms with Gasteiger partial charge in [-0.15, -0.1) is 0 Å². The van der Waals surface area contributed by atoms with Crippen molar-refractivity contribution in [3.8, 4) is 11.5 Å². The van der Waals surface area contributed by atoms with Crippen molar-refractivity contribution in [1.82, 2.24) is 10.2 Å². The Morgan fingerprint density at radius 3 is 2.37 bits per heavy atom. The summed E-state index contributed by atoms with van der Waals surface area (Å²) in [5.41, 5.74) is 1.50. The molecule has 30 heavy (non-hydrogen) atoms. The molecule has 0 saturated carbocycles. The van der Waals surface area contributed by atoms with E-state index in [4.69, 9.17) is 9.47 Å². The Balaban J connectivity index is 1.62. The van der Waals surface area contributed by atoms with Gasteiger partial charge in [0.1, 0.15) is 5.70 Å². The molecule has 0 radical (unpaired) electrons. The maximum Gasteiger partial charge on any atom is 0.270 e. The second-order valence-electron chi connectivity index (χ2n) is 7.34. The van der Waals surface area contributed by atoms with Crippen molar-refractivity contribution in [2.75, 3.05) is 19.9 Å². The molecule has 1 fully saturated rings. The summed E-state index contributed by atoms with van der Waals surface area (Å²) in [7, 11) is 0. The molecule has 7 heteroatoms. The Morgan fingerprint density at radius 2 is 1.63 bits per heavy atom. The monoisotopic (exact) mass is 470 g/mol. The first-order valence-electron chi connectivity index (χ1n) is 10.1. The van der Waals surface area contributed by atoms with Crippen molar-refractivity contribution >= 4 is 33.8 Å². The van der Waals surface area contributed by atoms with Gasteiger partial charge in [0.15, 0.2) is 11.5 Å². The summed E-state index contributed by atoms with van der Waals surface area (Å²) in [4.78, 5) is 27.9. The van der Waals surface area contributed by atoms with Crippen LogP contribution in [-0.2, 0) is 4.79 Å². The van der Waals surface area contributed by atoms with Crippen LogP contribution in [-0.4, -0.2) is 36.6 Å². The molecular weight excluding hydrogens is 448 g/mol. The number of likely N-dealkylation sites (tertiary alicyclic amines) is 1. The first-order chi connectivity index (χ1) is 14.6. The predicted octanol–water partition coefficient (Wildman–Crippen LogP) is 4.35. The summed E-state index contributed by atoms with van der Waals surface area (Å²) in [6.45, 7) is 1.58. The van der Waals surface area contributed by atoms with Crippen molar-refractivity contribution in [2.24, 2.45) is 0 Å². The van der Waals surface area contributed by atoms with Crippen LogP contribution >= 0.6 is 15.9 Å². The fourth-order valence-electron chi connectivity index (χ4n) is 3.56. The number of carbonyl (C=O) groups excluding carboxylic acids is 2. The van der Waals surface area contributed by atoms with Crippen LogP contribution in [0.4, 0.5) is 0 Å². The minimum Gasteiger partial charge on any atom is -0.454 e. The lowest BCUT2D eigenvalue weighted by Crippen LogP contribution is -2.39. The molecule has 2 heterocycles. The van der Waals surface area contributed by atoms with Crippen molar-refractivity contribution in [1.29, 1.82) is 0 Å². The normalized spacial score (nSPS) is 16.2. The lowest BCUT2D eigenvalue weighted by Gasteiger charge is -2.22. The van der Waals surface area contributed by atoms with Gasteiger partial charge in [0.2, 0.25) is 6.79 Å². The molecule has 2 aromatic carbocycles. The maximum absolute atomic E-state index is 13.3. The fourth-order valence-corrected chi connectivity index (χ4v) is 3.83. The number of nitrogens with zero attached hydrogens (tertiary/aromatic N) is 1. The van der Waals surface area contributed by atoms with Gasteiger partial charge in [-0.3, -0.25) is 9.59 Å². The molecule has 156 valence electrons. The van der Waals surface area contributed by atoms with E-state index >= 15 is 0 Å². The zero-order valence-corrected chi connectivity index (χ0v) is 18.1. The summed E-state index contributed by atoms with van der Waals surface area (Å²) >= 11 is 3.37. The first kappa shape index (κ1) is 20.5. The highest BCUT2D eigenvalue weighted by Crippen LogP contribution is 2.33. The van der Waals surface area contributed by atoms with Gasteiger partial charge >= 0.3 is 0 Å². The number of hydrogen-bond acceptors (Lipinski definition) is 4. The highest BCUT2D eigenvalue weighted by Gasteiger charge is 2.22. The minimum absolute atomic E-state index is 0.167. The van der Waals surface area contributed by atoms with E-state index in [-0.39, 0.29) is 24.3 Å². The van der Waals surface area contributed by atoms with Crippen LogP contribution in [0.2, 0.25) is 0 Å². The van der Waals surface area contributed by atoms with Gasteiger partial charge in [0.25, 0.3) is 11.8 Å². The summed E-state index contributed by atoms with van der Waals surface area (Å²) < 4.78 is 11.7. The highest BCUT2D eigenvalue weighted by atomic mass is 79.9. The molecule has 0 bridgehead atoms. The zero-order valence-electron chi connectivity index (χ0n) is 16.5. The van der Waals surface area contributed by atoms with Crippen molar-refractivity contribution in [3.63, 3.8) is 0 Å². The van der Waals surface area contributed by atoms with Gasteiger partial charge in [-0.1, -0.05) is 34.8 Å². The number of fused-ring (bicyclic) bond motifs is 1. The average molecular weight is 471 g/mol. The van der Waals surface area contributed by atoms with Gasteiger partial charge in [-0.2, -0.15) is 0 Å². The van der Waals surface area contributed by atoms with E-state index in [1.807, 2.05) is 17.0 Å². The third-order valence-corrected chi connectivity index (χ3v) is 5.71. The third kappa shape index (κ3) is 4.84. The molecule has 2 aromatic rings. The van der Waals surface area contributed by atoms with Crippen molar-refractivity contribution in [2.45, 2.75) is 25.7 Å². The van der Waals surface area contributed by atoms with Gasteiger partial charge in [-0.25, -0.2) is 0 Å². The molecule has 4 rings (SSSR count). The van der Waals surface area contributed by atoms with Gasteiger partial charge in [0, 0.05) is 23.1 Å². The largest absolute Gasteiger partial charge is 0.454 e. The minimum atomic E-state index is -0.322. The van der Waals surface area contributed by atoms with Crippen LogP contribution in [0.25, 0.3) is 6.08 Å². The molecule has 0 unspecified atom stereocenters. The van der Waals surface area contributed by atoms with E-state index in [0.29, 0.717) is 30.2 Å². The second-order valence-corrected chi connectivity index (χ2v) is 8.25. The Bertz CT molecular complexity index is 964. The number of rotatable bonds is 4. The smallest absolute Gasteiger partial charge is 0.270 e. The highest BCUT2D eigenvalue weighted by molar-refractivity contribution is 9.10. The maximum atomic E-state index is 13.3. The van der Waals surface area contributed by atoms with Crippen LogP contribution in [0, 0.1) is 0 Å². The number of carbonyl (C=O) groups is 2. The van der Waals surface area contributed by atoms with Crippen LogP contribution in [0.15, 0.2) is 52.6 Å². The number of halogens is 1. The van der Waals surface area contributed by atoms with Gasteiger partial charge in [-0.05, 0) is 60.9 Å². The molecule has 0 aromatic heterocycles. The summed E-state index contributed by atoms with van der Waals surface area (Å²) in [6.07, 6.45) is 5.89. The Morgan fingerprint density at radius 1 is 0.933 bits per heavy atom. The molecule has 0 atom stereocenters. The zero-order chi connectivity index (χ0) is 20.9. The predicted molar refractivity (Wildman–Crippen MR) is 117 cm³/mol. The molecule has 1 N–H and O–H groups in total. The molecule has 0 spiro atoms. The SMILES string of the molecule is O=C(N/C(=C\c1ccc2c(c1)OCO2)C(=O)N1CCCCCC1)c1ccc(Br)cc1. The van der Waals surface area contributed by atoms with Crippen LogP contribution in [0.5, 0.6) is 11.5 Å². The van der Waals surface area contributed by atoms with Crippen molar-refractivity contribution < 1.29 is 19.1 Å². The average Bonchev–Trinajstić information content (AvgIpc) is 3.05. The summed E-state index contributed by atoms with van der Waals surface area (Å²) in [5, 5.41) is 2.83. The molecule has 2 amide bonds.